The van der Waals surface area contributed by atoms with Gasteiger partial charge in [-0.15, -0.1) is 11.3 Å². The summed E-state index contributed by atoms with van der Waals surface area (Å²) in [6.45, 7) is 0. The molecule has 0 spiro atoms. The Hall–Kier alpha value is -1.28. The van der Waals surface area contributed by atoms with E-state index in [0.29, 0.717) is 5.75 Å². The Morgan fingerprint density at radius 3 is 2.54 bits per heavy atom. The van der Waals surface area contributed by atoms with Crippen LogP contribution in [0.1, 0.15) is 11.1 Å². The van der Waals surface area contributed by atoms with Crippen LogP contribution in [0.3, 0.4) is 0 Å². The standard InChI is InChI=1S/C11H9OS/c12-11-3-1-9(2-4-11)7-10-5-6-13-8-10/h1-6,12H,7H2. The van der Waals surface area contributed by atoms with Gasteiger partial charge in [-0.05, 0) is 41.1 Å². The van der Waals surface area contributed by atoms with E-state index in [1.807, 2.05) is 17.5 Å². The van der Waals surface area contributed by atoms with Gasteiger partial charge in [0.15, 0.2) is 0 Å². The first kappa shape index (κ1) is 8.32. The van der Waals surface area contributed by atoms with Crippen molar-refractivity contribution in [1.29, 1.82) is 0 Å². The van der Waals surface area contributed by atoms with Crippen molar-refractivity contribution in [2.45, 2.75) is 6.42 Å². The van der Waals surface area contributed by atoms with Gasteiger partial charge in [0.05, 0.1) is 0 Å². The summed E-state index contributed by atoms with van der Waals surface area (Å²) in [6.07, 6.45) is 0.893. The molecule has 0 fully saturated rings. The van der Waals surface area contributed by atoms with E-state index >= 15 is 0 Å². The van der Waals surface area contributed by atoms with E-state index in [1.165, 1.54) is 11.1 Å². The van der Waals surface area contributed by atoms with Crippen LogP contribution in [0.15, 0.2) is 35.7 Å². The van der Waals surface area contributed by atoms with Crippen molar-refractivity contribution >= 4 is 11.3 Å². The van der Waals surface area contributed by atoms with Crippen LogP contribution < -0.4 is 0 Å². The first-order valence-electron chi connectivity index (χ1n) is 4.06. The van der Waals surface area contributed by atoms with Gasteiger partial charge in [-0.3, -0.25) is 0 Å². The van der Waals surface area contributed by atoms with Gasteiger partial charge in [-0.25, -0.2) is 0 Å². The molecule has 1 aromatic carbocycles. The Labute approximate surface area is 81.3 Å². The Morgan fingerprint density at radius 2 is 1.92 bits per heavy atom. The first-order chi connectivity index (χ1) is 6.34. The molecule has 0 amide bonds. The molecule has 0 saturated carbocycles. The summed E-state index contributed by atoms with van der Waals surface area (Å²) in [4.78, 5) is 0. The highest BCUT2D eigenvalue weighted by molar-refractivity contribution is 7.07. The second-order valence-electron chi connectivity index (χ2n) is 2.89. The van der Waals surface area contributed by atoms with E-state index in [2.05, 4.69) is 11.4 Å². The number of hydrogen-bond donors (Lipinski definition) is 1. The molecule has 0 unspecified atom stereocenters. The van der Waals surface area contributed by atoms with Crippen LogP contribution in [0.4, 0.5) is 0 Å². The average molecular weight is 189 g/mol. The summed E-state index contributed by atoms with van der Waals surface area (Å²) in [5, 5.41) is 14.3. The number of benzene rings is 1. The second-order valence-corrected chi connectivity index (χ2v) is 3.60. The molecule has 0 aliphatic carbocycles. The molecule has 0 atom stereocenters. The molecule has 0 saturated heterocycles. The fourth-order valence-corrected chi connectivity index (χ4v) is 1.78. The molecule has 1 nitrogen and oxygen atoms in total. The average Bonchev–Trinajstić information content (AvgIpc) is 2.62. The van der Waals surface area contributed by atoms with E-state index in [9.17, 15) is 0 Å². The number of thiophene rings is 1. The molecule has 65 valence electrons. The van der Waals surface area contributed by atoms with Gasteiger partial charge in [-0.2, -0.15) is 0 Å². The lowest BCUT2D eigenvalue weighted by atomic mass is 10.1. The number of hydrogen-bond acceptors (Lipinski definition) is 2. The summed E-state index contributed by atoms with van der Waals surface area (Å²) in [7, 11) is 0. The Bertz CT molecular complexity index is 361. The summed E-state index contributed by atoms with van der Waals surface area (Å²) >= 11 is 1.59. The fraction of sp³-hybridized carbons (Fsp3) is 0.0909. The van der Waals surface area contributed by atoms with Crippen LogP contribution in [0.25, 0.3) is 0 Å². The summed E-state index contributed by atoms with van der Waals surface area (Å²) in [6, 6.07) is 9.35. The third-order valence-electron chi connectivity index (χ3n) is 1.86. The third kappa shape index (κ3) is 2.10. The van der Waals surface area contributed by atoms with Crippen LogP contribution in [0.2, 0.25) is 0 Å². The summed E-state index contributed by atoms with van der Waals surface area (Å²) in [5.41, 5.74) is 2.41. The second kappa shape index (κ2) is 3.62. The highest BCUT2D eigenvalue weighted by Crippen LogP contribution is 2.14. The molecule has 0 aliphatic heterocycles. The molecular formula is C11H9OS. The van der Waals surface area contributed by atoms with Crippen LogP contribution >= 0.6 is 11.3 Å². The highest BCUT2D eigenvalue weighted by atomic mass is 32.1. The normalized spacial score (nSPS) is 10.2. The molecule has 1 aromatic heterocycles. The van der Waals surface area contributed by atoms with Crippen molar-refractivity contribution in [3.05, 3.63) is 52.2 Å². The molecular weight excluding hydrogens is 180 g/mol. The predicted molar refractivity (Wildman–Crippen MR) is 54.1 cm³/mol. The lowest BCUT2D eigenvalue weighted by molar-refractivity contribution is 0.475. The molecule has 2 aromatic rings. The predicted octanol–water partition coefficient (Wildman–Crippen LogP) is 2.84. The molecule has 2 heteroatoms. The van der Waals surface area contributed by atoms with Crippen LogP contribution in [-0.4, -0.2) is 5.11 Å². The minimum atomic E-state index is 0.318. The summed E-state index contributed by atoms with van der Waals surface area (Å²) in [5.74, 6) is 0.318. The SMILES string of the molecule is Oc1ccc(Cc2[c]scc2)cc1. The van der Waals surface area contributed by atoms with Gasteiger partial charge in [0.25, 0.3) is 0 Å². The van der Waals surface area contributed by atoms with Crippen molar-refractivity contribution in [2.75, 3.05) is 0 Å². The minimum Gasteiger partial charge on any atom is -0.508 e. The Kier molecular flexibility index (Phi) is 2.32. The van der Waals surface area contributed by atoms with E-state index in [-0.39, 0.29) is 0 Å². The number of phenols is 1. The maximum atomic E-state index is 9.08. The van der Waals surface area contributed by atoms with Crippen molar-refractivity contribution in [3.8, 4) is 5.75 Å². The molecule has 0 bridgehead atoms. The van der Waals surface area contributed by atoms with E-state index < -0.39 is 0 Å². The topological polar surface area (TPSA) is 20.2 Å². The van der Waals surface area contributed by atoms with E-state index in [1.54, 1.807) is 23.5 Å². The molecule has 1 heterocycles. The van der Waals surface area contributed by atoms with E-state index in [0.717, 1.165) is 6.42 Å². The number of phenolic OH excluding ortho intramolecular Hbond substituents is 1. The van der Waals surface area contributed by atoms with Crippen molar-refractivity contribution < 1.29 is 5.11 Å². The van der Waals surface area contributed by atoms with Gasteiger partial charge in [0.2, 0.25) is 0 Å². The zero-order chi connectivity index (χ0) is 9.10. The lowest BCUT2D eigenvalue weighted by Gasteiger charge is -1.98. The van der Waals surface area contributed by atoms with Crippen molar-refractivity contribution in [2.24, 2.45) is 0 Å². The van der Waals surface area contributed by atoms with Gasteiger partial charge in [-0.1, -0.05) is 12.1 Å². The monoisotopic (exact) mass is 189 g/mol. The van der Waals surface area contributed by atoms with Crippen LogP contribution in [0.5, 0.6) is 5.75 Å². The zero-order valence-corrected chi connectivity index (χ0v) is 7.84. The van der Waals surface area contributed by atoms with Crippen molar-refractivity contribution in [3.63, 3.8) is 0 Å². The number of aromatic hydroxyl groups is 1. The molecule has 0 aliphatic rings. The fourth-order valence-electron chi connectivity index (χ4n) is 1.19. The van der Waals surface area contributed by atoms with Crippen molar-refractivity contribution in [1.82, 2.24) is 0 Å². The largest absolute Gasteiger partial charge is 0.508 e. The van der Waals surface area contributed by atoms with Crippen LogP contribution in [-0.2, 0) is 6.42 Å². The van der Waals surface area contributed by atoms with Gasteiger partial charge in [0.1, 0.15) is 5.75 Å². The maximum absolute atomic E-state index is 9.08. The maximum Gasteiger partial charge on any atom is 0.115 e. The first-order valence-corrected chi connectivity index (χ1v) is 4.94. The van der Waals surface area contributed by atoms with E-state index in [4.69, 9.17) is 5.11 Å². The molecule has 13 heavy (non-hydrogen) atoms. The molecule has 1 N–H and O–H groups in total. The molecule has 2 rings (SSSR count). The van der Waals surface area contributed by atoms with Gasteiger partial charge in [0, 0.05) is 5.38 Å². The third-order valence-corrected chi connectivity index (χ3v) is 2.51. The molecule has 1 radical (unpaired) electrons. The van der Waals surface area contributed by atoms with Gasteiger partial charge >= 0.3 is 0 Å². The van der Waals surface area contributed by atoms with Gasteiger partial charge < -0.3 is 5.11 Å². The minimum absolute atomic E-state index is 0.318. The lowest BCUT2D eigenvalue weighted by Crippen LogP contribution is -1.83. The van der Waals surface area contributed by atoms with Crippen LogP contribution in [0, 0.1) is 5.38 Å². The Balaban J connectivity index is 2.15. The highest BCUT2D eigenvalue weighted by Gasteiger charge is 1.96. The Morgan fingerprint density at radius 1 is 1.15 bits per heavy atom. The summed E-state index contributed by atoms with van der Waals surface area (Å²) < 4.78 is 0. The smallest absolute Gasteiger partial charge is 0.115 e. The quantitative estimate of drug-likeness (QED) is 0.770. The zero-order valence-electron chi connectivity index (χ0n) is 7.03. The number of rotatable bonds is 2.